The molecule has 78 valence electrons. The van der Waals surface area contributed by atoms with Crippen LogP contribution < -0.4 is 0 Å². The number of aromatic nitrogens is 2. The van der Waals surface area contributed by atoms with E-state index in [-0.39, 0.29) is 0 Å². The molecule has 2 aromatic rings. The third-order valence-electron chi connectivity index (χ3n) is 2.31. The minimum Gasteiger partial charge on any atom is -0.242 e. The van der Waals surface area contributed by atoms with Gasteiger partial charge in [0.25, 0.3) is 0 Å². The summed E-state index contributed by atoms with van der Waals surface area (Å²) >= 11 is 1.75. The summed E-state index contributed by atoms with van der Waals surface area (Å²) in [6.45, 7) is 6.33. The standard InChI is InChI=1S/C12H14N2S/c1-8(2)10-6-12(15-7-10)11-4-5-13-9(3)14-11/h4-8H,1-3H3. The van der Waals surface area contributed by atoms with Gasteiger partial charge >= 0.3 is 0 Å². The lowest BCUT2D eigenvalue weighted by Gasteiger charge is -1.99. The number of aryl methyl sites for hydroxylation is 1. The summed E-state index contributed by atoms with van der Waals surface area (Å²) in [7, 11) is 0. The summed E-state index contributed by atoms with van der Waals surface area (Å²) in [4.78, 5) is 9.74. The van der Waals surface area contributed by atoms with Crippen molar-refractivity contribution in [3.63, 3.8) is 0 Å². The van der Waals surface area contributed by atoms with Crippen LogP contribution in [0.4, 0.5) is 0 Å². The average molecular weight is 218 g/mol. The van der Waals surface area contributed by atoms with Crippen molar-refractivity contribution >= 4 is 11.3 Å². The largest absolute Gasteiger partial charge is 0.242 e. The fourth-order valence-electron chi connectivity index (χ4n) is 1.38. The van der Waals surface area contributed by atoms with Crippen LogP contribution in [0, 0.1) is 6.92 Å². The van der Waals surface area contributed by atoms with E-state index in [0.717, 1.165) is 11.5 Å². The van der Waals surface area contributed by atoms with Crippen molar-refractivity contribution in [2.24, 2.45) is 0 Å². The zero-order valence-corrected chi connectivity index (χ0v) is 10.0. The maximum Gasteiger partial charge on any atom is 0.125 e. The third kappa shape index (κ3) is 2.23. The predicted octanol–water partition coefficient (Wildman–Crippen LogP) is 3.64. The maximum atomic E-state index is 4.42. The minimum absolute atomic E-state index is 0.581. The highest BCUT2D eigenvalue weighted by atomic mass is 32.1. The van der Waals surface area contributed by atoms with Crippen LogP contribution in [0.25, 0.3) is 10.6 Å². The molecule has 0 bridgehead atoms. The molecule has 15 heavy (non-hydrogen) atoms. The molecule has 0 radical (unpaired) electrons. The van der Waals surface area contributed by atoms with E-state index in [4.69, 9.17) is 0 Å². The molecule has 0 atom stereocenters. The average Bonchev–Trinajstić information content (AvgIpc) is 2.66. The number of thiophene rings is 1. The van der Waals surface area contributed by atoms with E-state index in [1.807, 2.05) is 19.2 Å². The molecule has 2 aromatic heterocycles. The number of hydrogen-bond acceptors (Lipinski definition) is 3. The molecule has 0 aliphatic heterocycles. The highest BCUT2D eigenvalue weighted by Crippen LogP contribution is 2.28. The Morgan fingerprint density at radius 1 is 1.33 bits per heavy atom. The summed E-state index contributed by atoms with van der Waals surface area (Å²) in [6.07, 6.45) is 1.81. The second kappa shape index (κ2) is 4.11. The molecule has 0 aliphatic carbocycles. The van der Waals surface area contributed by atoms with Gasteiger partial charge < -0.3 is 0 Å². The fraction of sp³-hybridized carbons (Fsp3) is 0.333. The van der Waals surface area contributed by atoms with Gasteiger partial charge in [0.05, 0.1) is 10.6 Å². The first-order valence-corrected chi connectivity index (χ1v) is 5.93. The van der Waals surface area contributed by atoms with E-state index in [1.54, 1.807) is 11.3 Å². The molecule has 2 heterocycles. The van der Waals surface area contributed by atoms with Crippen LogP contribution in [0.5, 0.6) is 0 Å². The topological polar surface area (TPSA) is 25.8 Å². The van der Waals surface area contributed by atoms with Gasteiger partial charge in [-0.2, -0.15) is 0 Å². The molecule has 0 fully saturated rings. The Morgan fingerprint density at radius 3 is 2.73 bits per heavy atom. The smallest absolute Gasteiger partial charge is 0.125 e. The SMILES string of the molecule is Cc1nccc(-c2cc(C(C)C)cs2)n1. The Bertz CT molecular complexity index is 460. The first kappa shape index (κ1) is 10.3. The number of nitrogens with zero attached hydrogens (tertiary/aromatic N) is 2. The van der Waals surface area contributed by atoms with Crippen molar-refractivity contribution in [3.8, 4) is 10.6 Å². The molecule has 3 heteroatoms. The van der Waals surface area contributed by atoms with Gasteiger partial charge in [-0.05, 0) is 35.9 Å². The number of hydrogen-bond donors (Lipinski definition) is 0. The summed E-state index contributed by atoms with van der Waals surface area (Å²) in [6, 6.07) is 4.18. The van der Waals surface area contributed by atoms with Gasteiger partial charge in [0, 0.05) is 6.20 Å². The van der Waals surface area contributed by atoms with Crippen LogP contribution in [0.2, 0.25) is 0 Å². The van der Waals surface area contributed by atoms with Gasteiger partial charge in [0.15, 0.2) is 0 Å². The first-order valence-electron chi connectivity index (χ1n) is 5.05. The molecule has 0 N–H and O–H groups in total. The lowest BCUT2D eigenvalue weighted by atomic mass is 10.1. The van der Waals surface area contributed by atoms with Crippen molar-refractivity contribution < 1.29 is 0 Å². The number of rotatable bonds is 2. The summed E-state index contributed by atoms with van der Waals surface area (Å²) in [5.74, 6) is 1.41. The monoisotopic (exact) mass is 218 g/mol. The molecule has 0 aliphatic rings. The van der Waals surface area contributed by atoms with Crippen LogP contribution >= 0.6 is 11.3 Å². The summed E-state index contributed by atoms with van der Waals surface area (Å²) < 4.78 is 0. The van der Waals surface area contributed by atoms with Crippen LogP contribution in [-0.2, 0) is 0 Å². The van der Waals surface area contributed by atoms with E-state index in [0.29, 0.717) is 5.92 Å². The second-order valence-electron chi connectivity index (χ2n) is 3.89. The lowest BCUT2D eigenvalue weighted by molar-refractivity contribution is 0.872. The Labute approximate surface area is 94.0 Å². The Hall–Kier alpha value is -1.22. The van der Waals surface area contributed by atoms with E-state index >= 15 is 0 Å². The highest BCUT2D eigenvalue weighted by molar-refractivity contribution is 7.13. The quantitative estimate of drug-likeness (QED) is 0.769. The van der Waals surface area contributed by atoms with Crippen LogP contribution in [-0.4, -0.2) is 9.97 Å². The van der Waals surface area contributed by atoms with E-state index < -0.39 is 0 Å². The molecule has 0 saturated carbocycles. The second-order valence-corrected chi connectivity index (χ2v) is 4.80. The van der Waals surface area contributed by atoms with Gasteiger partial charge in [-0.3, -0.25) is 0 Å². The first-order chi connectivity index (χ1) is 7.16. The Balaban J connectivity index is 2.37. The van der Waals surface area contributed by atoms with Crippen molar-refractivity contribution in [2.45, 2.75) is 26.7 Å². The van der Waals surface area contributed by atoms with Gasteiger partial charge in [0.2, 0.25) is 0 Å². The third-order valence-corrected chi connectivity index (χ3v) is 3.29. The van der Waals surface area contributed by atoms with Crippen molar-refractivity contribution in [1.82, 2.24) is 9.97 Å². The molecule has 2 nitrogen and oxygen atoms in total. The molecule has 0 unspecified atom stereocenters. The zero-order chi connectivity index (χ0) is 10.8. The van der Waals surface area contributed by atoms with E-state index in [1.165, 1.54) is 10.4 Å². The summed E-state index contributed by atoms with van der Waals surface area (Å²) in [5, 5.41) is 2.21. The normalized spacial score (nSPS) is 10.9. The lowest BCUT2D eigenvalue weighted by Crippen LogP contribution is -1.88. The molecular weight excluding hydrogens is 204 g/mol. The summed E-state index contributed by atoms with van der Waals surface area (Å²) in [5.41, 5.74) is 2.41. The van der Waals surface area contributed by atoms with Crippen molar-refractivity contribution in [3.05, 3.63) is 35.1 Å². The van der Waals surface area contributed by atoms with Gasteiger partial charge in [0.1, 0.15) is 5.82 Å². The van der Waals surface area contributed by atoms with Crippen LogP contribution in [0.1, 0.15) is 31.2 Å². The molecule has 0 amide bonds. The molecular formula is C12H14N2S. The van der Waals surface area contributed by atoms with Crippen LogP contribution in [0.3, 0.4) is 0 Å². The van der Waals surface area contributed by atoms with Crippen molar-refractivity contribution in [2.75, 3.05) is 0 Å². The van der Waals surface area contributed by atoms with Gasteiger partial charge in [-0.25, -0.2) is 9.97 Å². The Kier molecular flexibility index (Phi) is 2.82. The van der Waals surface area contributed by atoms with Gasteiger partial charge in [-0.1, -0.05) is 13.8 Å². The van der Waals surface area contributed by atoms with E-state index in [2.05, 4.69) is 35.3 Å². The molecule has 0 spiro atoms. The zero-order valence-electron chi connectivity index (χ0n) is 9.19. The van der Waals surface area contributed by atoms with Crippen LogP contribution in [0.15, 0.2) is 23.7 Å². The molecule has 0 saturated heterocycles. The minimum atomic E-state index is 0.581. The fourth-order valence-corrected chi connectivity index (χ4v) is 2.42. The molecule has 0 aromatic carbocycles. The van der Waals surface area contributed by atoms with Gasteiger partial charge in [-0.15, -0.1) is 11.3 Å². The highest BCUT2D eigenvalue weighted by Gasteiger charge is 2.06. The molecule has 2 rings (SSSR count). The Morgan fingerprint density at radius 2 is 2.13 bits per heavy atom. The van der Waals surface area contributed by atoms with E-state index in [9.17, 15) is 0 Å². The predicted molar refractivity (Wildman–Crippen MR) is 64.2 cm³/mol. The maximum absolute atomic E-state index is 4.42. The van der Waals surface area contributed by atoms with Crippen molar-refractivity contribution in [1.29, 1.82) is 0 Å².